The van der Waals surface area contributed by atoms with Crippen LogP contribution in [0.1, 0.15) is 27.9 Å². The van der Waals surface area contributed by atoms with E-state index in [1.54, 1.807) is 48.5 Å². The Morgan fingerprint density at radius 2 is 1.53 bits per heavy atom. The Morgan fingerprint density at radius 3 is 2.15 bits per heavy atom. The van der Waals surface area contributed by atoms with Crippen molar-refractivity contribution in [3.63, 3.8) is 0 Å². The Balaban J connectivity index is 1.44. The van der Waals surface area contributed by atoms with Crippen LogP contribution in [-0.4, -0.2) is 63.3 Å². The monoisotopic (exact) mass is 488 g/mol. The molecule has 0 radical (unpaired) electrons. The maximum absolute atomic E-state index is 12.7. The second-order valence-corrected chi connectivity index (χ2v) is 9.72. The molecule has 1 heterocycles. The van der Waals surface area contributed by atoms with Crippen LogP contribution < -0.4 is 16.4 Å². The van der Waals surface area contributed by atoms with Crippen molar-refractivity contribution in [3.8, 4) is 0 Å². The van der Waals surface area contributed by atoms with E-state index in [1.165, 1.54) is 4.31 Å². The van der Waals surface area contributed by atoms with Gasteiger partial charge in [0.1, 0.15) is 0 Å². The summed E-state index contributed by atoms with van der Waals surface area (Å²) in [4.78, 5) is 35.1. The molecular formula is C23H28N4O6S. The highest BCUT2D eigenvalue weighted by atomic mass is 32.2. The zero-order valence-corrected chi connectivity index (χ0v) is 19.5. The molecule has 1 aliphatic heterocycles. The van der Waals surface area contributed by atoms with Gasteiger partial charge in [-0.15, -0.1) is 0 Å². The van der Waals surface area contributed by atoms with Crippen LogP contribution in [0.4, 0.5) is 0 Å². The Labute approximate surface area is 198 Å². The van der Waals surface area contributed by atoms with Crippen molar-refractivity contribution in [2.24, 2.45) is 5.73 Å². The number of hydrogen-bond donors (Lipinski definition) is 3. The second-order valence-electron chi connectivity index (χ2n) is 7.78. The largest absolute Gasteiger partial charge is 0.379 e. The number of sulfonamides is 1. The van der Waals surface area contributed by atoms with Gasteiger partial charge in [-0.1, -0.05) is 24.3 Å². The molecule has 10 nitrogen and oxygen atoms in total. The number of rotatable bonds is 10. The van der Waals surface area contributed by atoms with Crippen molar-refractivity contribution >= 4 is 27.7 Å². The van der Waals surface area contributed by atoms with Gasteiger partial charge in [-0.3, -0.25) is 14.4 Å². The number of amides is 3. The fraction of sp³-hybridized carbons (Fsp3) is 0.348. The van der Waals surface area contributed by atoms with E-state index in [2.05, 4.69) is 10.6 Å². The number of ether oxygens (including phenoxy) is 1. The number of nitrogens with zero attached hydrogens (tertiary/aromatic N) is 1. The van der Waals surface area contributed by atoms with E-state index >= 15 is 0 Å². The van der Waals surface area contributed by atoms with Crippen LogP contribution in [0.5, 0.6) is 0 Å². The van der Waals surface area contributed by atoms with Crippen molar-refractivity contribution in [2.45, 2.75) is 24.3 Å². The number of benzene rings is 2. The summed E-state index contributed by atoms with van der Waals surface area (Å²) < 4.78 is 32.0. The molecule has 182 valence electrons. The fourth-order valence-corrected chi connectivity index (χ4v) is 4.76. The van der Waals surface area contributed by atoms with Gasteiger partial charge in [-0.05, 0) is 41.8 Å². The van der Waals surface area contributed by atoms with E-state index in [1.807, 2.05) is 0 Å². The molecule has 0 saturated carbocycles. The van der Waals surface area contributed by atoms with E-state index in [0.717, 1.165) is 11.1 Å². The Hall–Kier alpha value is -3.28. The first-order chi connectivity index (χ1) is 16.3. The summed E-state index contributed by atoms with van der Waals surface area (Å²) in [6.07, 6.45) is 0.728. The predicted octanol–water partition coefficient (Wildman–Crippen LogP) is 0.172. The predicted molar refractivity (Wildman–Crippen MR) is 124 cm³/mol. The van der Waals surface area contributed by atoms with Gasteiger partial charge in [0.15, 0.2) is 0 Å². The molecule has 1 saturated heterocycles. The van der Waals surface area contributed by atoms with Crippen molar-refractivity contribution in [1.82, 2.24) is 14.9 Å². The van der Waals surface area contributed by atoms with E-state index in [0.29, 0.717) is 44.8 Å². The smallest absolute Gasteiger partial charge is 0.251 e. The van der Waals surface area contributed by atoms with Crippen LogP contribution in [-0.2, 0) is 37.3 Å². The van der Waals surface area contributed by atoms with Gasteiger partial charge >= 0.3 is 0 Å². The minimum Gasteiger partial charge on any atom is -0.379 e. The third kappa shape index (κ3) is 7.11. The number of nitrogens with two attached hydrogens (primary N) is 1. The molecule has 34 heavy (non-hydrogen) atoms. The van der Waals surface area contributed by atoms with Crippen LogP contribution in [0.2, 0.25) is 0 Å². The topological polar surface area (TPSA) is 148 Å². The maximum atomic E-state index is 12.7. The van der Waals surface area contributed by atoms with Gasteiger partial charge in [0, 0.05) is 31.6 Å². The third-order valence-corrected chi connectivity index (χ3v) is 7.21. The Kier molecular flexibility index (Phi) is 8.74. The molecule has 4 N–H and O–H groups in total. The number of hydrogen-bond acceptors (Lipinski definition) is 6. The molecule has 3 amide bonds. The summed E-state index contributed by atoms with van der Waals surface area (Å²) in [7, 11) is -3.54. The summed E-state index contributed by atoms with van der Waals surface area (Å²) in [6, 6.07) is 13.2. The average molecular weight is 489 g/mol. The third-order valence-electron chi connectivity index (χ3n) is 5.30. The zero-order valence-electron chi connectivity index (χ0n) is 18.7. The lowest BCUT2D eigenvalue weighted by Crippen LogP contribution is -2.40. The van der Waals surface area contributed by atoms with Gasteiger partial charge in [-0.2, -0.15) is 4.31 Å². The first-order valence-corrected chi connectivity index (χ1v) is 12.3. The fourth-order valence-electron chi connectivity index (χ4n) is 3.35. The van der Waals surface area contributed by atoms with E-state index < -0.39 is 21.8 Å². The van der Waals surface area contributed by atoms with Crippen LogP contribution in [0, 0.1) is 0 Å². The number of aryl methyl sites for hydroxylation is 1. The van der Waals surface area contributed by atoms with Gasteiger partial charge < -0.3 is 21.1 Å². The first kappa shape index (κ1) is 25.3. The molecule has 0 atom stereocenters. The maximum Gasteiger partial charge on any atom is 0.251 e. The van der Waals surface area contributed by atoms with Gasteiger partial charge in [-0.25, -0.2) is 8.42 Å². The zero-order chi connectivity index (χ0) is 24.6. The standard InChI is InChI=1S/C23H28N4O6S/c24-21(28)16-26-23(30)19-6-1-18(2-7-19)15-25-22(29)10-5-17-3-8-20(9-4-17)34(31,32)27-11-13-33-14-12-27/h1-4,6-9H,5,10-16H2,(H2,24,28)(H,25,29)(H,26,30). The van der Waals surface area contributed by atoms with Gasteiger partial charge in [0.05, 0.1) is 24.7 Å². The minimum absolute atomic E-state index is 0.145. The van der Waals surface area contributed by atoms with Crippen LogP contribution in [0.15, 0.2) is 53.4 Å². The number of morpholine rings is 1. The minimum atomic E-state index is -3.54. The lowest BCUT2D eigenvalue weighted by Gasteiger charge is -2.26. The summed E-state index contributed by atoms with van der Waals surface area (Å²) >= 11 is 0. The molecule has 3 rings (SSSR count). The lowest BCUT2D eigenvalue weighted by molar-refractivity contribution is -0.121. The summed E-state index contributed by atoms with van der Waals surface area (Å²) in [6.45, 7) is 1.54. The lowest BCUT2D eigenvalue weighted by atomic mass is 10.1. The van der Waals surface area contributed by atoms with E-state index in [4.69, 9.17) is 10.5 Å². The normalized spacial score (nSPS) is 14.4. The number of nitrogens with one attached hydrogen (secondary N) is 2. The Bertz CT molecular complexity index is 1110. The highest BCUT2D eigenvalue weighted by Gasteiger charge is 2.26. The van der Waals surface area contributed by atoms with Crippen LogP contribution in [0.25, 0.3) is 0 Å². The summed E-state index contributed by atoms with van der Waals surface area (Å²) in [5, 5.41) is 5.23. The SMILES string of the molecule is NC(=O)CNC(=O)c1ccc(CNC(=O)CCc2ccc(S(=O)(=O)N3CCOCC3)cc2)cc1. The molecule has 1 fully saturated rings. The Morgan fingerprint density at radius 1 is 0.912 bits per heavy atom. The van der Waals surface area contributed by atoms with Crippen molar-refractivity contribution in [3.05, 3.63) is 65.2 Å². The first-order valence-electron chi connectivity index (χ1n) is 10.8. The molecule has 0 aromatic heterocycles. The summed E-state index contributed by atoms with van der Waals surface area (Å²) in [5.41, 5.74) is 7.07. The molecule has 2 aromatic rings. The molecule has 2 aromatic carbocycles. The van der Waals surface area contributed by atoms with Gasteiger partial charge in [0.25, 0.3) is 5.91 Å². The van der Waals surface area contributed by atoms with E-state index in [-0.39, 0.29) is 23.8 Å². The van der Waals surface area contributed by atoms with E-state index in [9.17, 15) is 22.8 Å². The second kappa shape index (κ2) is 11.7. The van der Waals surface area contributed by atoms with Crippen molar-refractivity contribution in [1.29, 1.82) is 0 Å². The number of carbonyl (C=O) groups is 3. The molecule has 11 heteroatoms. The molecular weight excluding hydrogens is 460 g/mol. The van der Waals surface area contributed by atoms with Gasteiger partial charge in [0.2, 0.25) is 21.8 Å². The van der Waals surface area contributed by atoms with Crippen molar-refractivity contribution < 1.29 is 27.5 Å². The quantitative estimate of drug-likeness (QED) is 0.434. The van der Waals surface area contributed by atoms with Crippen LogP contribution in [0.3, 0.4) is 0 Å². The molecule has 1 aliphatic rings. The number of primary amides is 1. The molecule has 0 aliphatic carbocycles. The highest BCUT2D eigenvalue weighted by molar-refractivity contribution is 7.89. The molecule has 0 unspecified atom stereocenters. The average Bonchev–Trinajstić information content (AvgIpc) is 2.85. The summed E-state index contributed by atoms with van der Waals surface area (Å²) in [5.74, 6) is -1.17. The highest BCUT2D eigenvalue weighted by Crippen LogP contribution is 2.18. The van der Waals surface area contributed by atoms with Crippen molar-refractivity contribution in [2.75, 3.05) is 32.8 Å². The van der Waals surface area contributed by atoms with Crippen LogP contribution >= 0.6 is 0 Å². The molecule has 0 bridgehead atoms. The number of carbonyl (C=O) groups excluding carboxylic acids is 3. The molecule has 0 spiro atoms.